The smallest absolute Gasteiger partial charge is 0.508 e. The second-order valence-corrected chi connectivity index (χ2v) is 4.18. The highest BCUT2D eigenvalue weighted by atomic mass is 19.4. The van der Waals surface area contributed by atoms with Crippen LogP contribution in [0, 0.1) is 0 Å². The third-order valence-electron chi connectivity index (χ3n) is 2.59. The lowest BCUT2D eigenvalue weighted by molar-refractivity contribution is -0.303. The first-order valence-corrected chi connectivity index (χ1v) is 5.86. The first-order chi connectivity index (χ1) is 8.92. The molecule has 2 rings (SSSR count). The first kappa shape index (κ1) is 13.6. The Balaban J connectivity index is 2.01. The van der Waals surface area contributed by atoms with Crippen molar-refractivity contribution in [2.24, 2.45) is 0 Å². The van der Waals surface area contributed by atoms with Crippen LogP contribution in [0.4, 0.5) is 13.2 Å². The van der Waals surface area contributed by atoms with Gasteiger partial charge in [0.1, 0.15) is 23.0 Å². The summed E-state index contributed by atoms with van der Waals surface area (Å²) in [5.41, 5.74) is 0. The third kappa shape index (κ3) is 4.39. The van der Waals surface area contributed by atoms with Crippen molar-refractivity contribution in [3.05, 3.63) is 47.3 Å². The quantitative estimate of drug-likeness (QED) is 0.837. The Morgan fingerprint density at radius 3 is 2.26 bits per heavy atom. The molecule has 0 fully saturated rings. The largest absolute Gasteiger partial charge is 0.573 e. The van der Waals surface area contributed by atoms with E-state index in [2.05, 4.69) is 4.74 Å². The maximum atomic E-state index is 12.1. The van der Waals surface area contributed by atoms with Gasteiger partial charge in [0.05, 0.1) is 0 Å². The minimum Gasteiger partial charge on any atom is -0.508 e. The molecule has 1 N–H and O–H groups in total. The summed E-state index contributed by atoms with van der Waals surface area (Å²) in [7, 11) is 0. The van der Waals surface area contributed by atoms with Gasteiger partial charge in [0, 0.05) is 25.0 Å². The summed E-state index contributed by atoms with van der Waals surface area (Å²) in [4.78, 5) is 0. The van der Waals surface area contributed by atoms with Crippen LogP contribution in [0.15, 0.2) is 47.3 Å². The van der Waals surface area contributed by atoms with E-state index < -0.39 is 6.36 Å². The van der Waals surface area contributed by atoms with Crippen LogP contribution in [-0.4, -0.2) is 11.5 Å². The fourth-order valence-electron chi connectivity index (χ4n) is 1.84. The van der Waals surface area contributed by atoms with Crippen molar-refractivity contribution in [3.8, 4) is 0 Å². The second-order valence-electron chi connectivity index (χ2n) is 4.18. The highest BCUT2D eigenvalue weighted by Gasteiger charge is 2.32. The summed E-state index contributed by atoms with van der Waals surface area (Å²) in [6, 6.07) is 0. The minimum atomic E-state index is -4.70. The molecule has 0 amide bonds. The van der Waals surface area contributed by atoms with E-state index in [0.29, 0.717) is 37.2 Å². The zero-order valence-corrected chi connectivity index (χ0v) is 10.0. The standard InChI is InChI=1S/C13H13F3O3/c14-13(15,16)19-12-6-2-5-11(8-12)18-10-4-1-3-9(17)7-10/h3,6-8,17H,1-2,4-5H2. The number of ether oxygens (including phenoxy) is 2. The molecule has 0 aromatic heterocycles. The van der Waals surface area contributed by atoms with Gasteiger partial charge in [0.25, 0.3) is 0 Å². The van der Waals surface area contributed by atoms with E-state index in [1.807, 2.05) is 0 Å². The summed E-state index contributed by atoms with van der Waals surface area (Å²) < 4.78 is 45.6. The number of aliphatic hydroxyl groups is 1. The lowest BCUT2D eigenvalue weighted by Crippen LogP contribution is -2.13. The van der Waals surface area contributed by atoms with E-state index in [4.69, 9.17) is 4.74 Å². The number of hydrogen-bond acceptors (Lipinski definition) is 3. The zero-order chi connectivity index (χ0) is 13.9. The Morgan fingerprint density at radius 1 is 1.00 bits per heavy atom. The van der Waals surface area contributed by atoms with Crippen molar-refractivity contribution in [3.63, 3.8) is 0 Å². The molecular weight excluding hydrogens is 261 g/mol. The molecule has 0 spiro atoms. The van der Waals surface area contributed by atoms with Crippen LogP contribution < -0.4 is 0 Å². The van der Waals surface area contributed by atoms with Crippen molar-refractivity contribution in [2.45, 2.75) is 32.0 Å². The molecule has 19 heavy (non-hydrogen) atoms. The Hall–Kier alpha value is -1.85. The monoisotopic (exact) mass is 274 g/mol. The molecule has 0 aromatic rings. The van der Waals surface area contributed by atoms with E-state index in [-0.39, 0.29) is 11.5 Å². The highest BCUT2D eigenvalue weighted by molar-refractivity contribution is 5.24. The Morgan fingerprint density at radius 2 is 1.63 bits per heavy atom. The number of aliphatic hydroxyl groups excluding tert-OH is 1. The average Bonchev–Trinajstić information content (AvgIpc) is 2.27. The summed E-state index contributed by atoms with van der Waals surface area (Å²) in [6.45, 7) is 0. The number of halogens is 3. The molecule has 0 saturated heterocycles. The average molecular weight is 274 g/mol. The molecule has 0 unspecified atom stereocenters. The normalized spacial score (nSPS) is 19.9. The van der Waals surface area contributed by atoms with E-state index in [1.54, 1.807) is 6.08 Å². The lowest BCUT2D eigenvalue weighted by atomic mass is 10.1. The summed E-state index contributed by atoms with van der Waals surface area (Å²) >= 11 is 0. The maximum absolute atomic E-state index is 12.1. The van der Waals surface area contributed by atoms with Crippen LogP contribution in [0.2, 0.25) is 0 Å². The summed E-state index contributed by atoms with van der Waals surface area (Å²) in [6.07, 6.45) is 3.20. The van der Waals surface area contributed by atoms with Crippen molar-refractivity contribution < 1.29 is 27.8 Å². The van der Waals surface area contributed by atoms with E-state index in [9.17, 15) is 18.3 Å². The van der Waals surface area contributed by atoms with Gasteiger partial charge in [-0.1, -0.05) is 0 Å². The first-order valence-electron chi connectivity index (χ1n) is 5.86. The molecule has 3 nitrogen and oxygen atoms in total. The Bertz CT molecular complexity index is 470. The third-order valence-corrected chi connectivity index (χ3v) is 2.59. The van der Waals surface area contributed by atoms with Gasteiger partial charge in [-0.3, -0.25) is 0 Å². The lowest BCUT2D eigenvalue weighted by Gasteiger charge is -2.19. The molecule has 0 radical (unpaired) electrons. The van der Waals surface area contributed by atoms with Crippen molar-refractivity contribution in [2.75, 3.05) is 0 Å². The number of rotatable bonds is 3. The molecule has 0 atom stereocenters. The number of hydrogen-bond donors (Lipinski definition) is 1. The SMILES string of the molecule is OC1=CCCC(OC2=CC(OC(F)(F)F)=CCC2)=C1. The van der Waals surface area contributed by atoms with Gasteiger partial charge in [0.15, 0.2) is 0 Å². The summed E-state index contributed by atoms with van der Waals surface area (Å²) in [5.74, 6) is 0.798. The van der Waals surface area contributed by atoms with E-state index >= 15 is 0 Å². The fraction of sp³-hybridized carbons (Fsp3) is 0.385. The molecule has 2 aliphatic rings. The molecule has 2 aliphatic carbocycles. The van der Waals surface area contributed by atoms with Crippen LogP contribution in [0.25, 0.3) is 0 Å². The molecule has 6 heteroatoms. The molecule has 0 heterocycles. The highest BCUT2D eigenvalue weighted by Crippen LogP contribution is 2.29. The molecule has 0 aliphatic heterocycles. The molecule has 104 valence electrons. The molecule has 0 saturated carbocycles. The van der Waals surface area contributed by atoms with Gasteiger partial charge < -0.3 is 14.6 Å². The van der Waals surface area contributed by atoms with Crippen LogP contribution >= 0.6 is 0 Å². The Labute approximate surface area is 108 Å². The predicted octanol–water partition coefficient (Wildman–Crippen LogP) is 4.22. The van der Waals surface area contributed by atoms with E-state index in [0.717, 1.165) is 0 Å². The van der Waals surface area contributed by atoms with Gasteiger partial charge >= 0.3 is 6.36 Å². The van der Waals surface area contributed by atoms with Gasteiger partial charge in [-0.05, 0) is 25.0 Å². The molecule has 0 bridgehead atoms. The Kier molecular flexibility index (Phi) is 3.87. The fourth-order valence-corrected chi connectivity index (χ4v) is 1.84. The van der Waals surface area contributed by atoms with Gasteiger partial charge in [0.2, 0.25) is 0 Å². The molecule has 0 aromatic carbocycles. The van der Waals surface area contributed by atoms with Gasteiger partial charge in [-0.15, -0.1) is 13.2 Å². The zero-order valence-electron chi connectivity index (χ0n) is 10.0. The molecular formula is C13H13F3O3. The predicted molar refractivity (Wildman–Crippen MR) is 61.7 cm³/mol. The summed E-state index contributed by atoms with van der Waals surface area (Å²) in [5, 5.41) is 9.31. The maximum Gasteiger partial charge on any atom is 0.573 e. The van der Waals surface area contributed by atoms with Crippen LogP contribution in [0.5, 0.6) is 0 Å². The van der Waals surface area contributed by atoms with Gasteiger partial charge in [-0.2, -0.15) is 0 Å². The number of allylic oxidation sites excluding steroid dienone is 6. The van der Waals surface area contributed by atoms with Crippen LogP contribution in [-0.2, 0) is 9.47 Å². The minimum absolute atomic E-state index is 0.111. The van der Waals surface area contributed by atoms with Crippen molar-refractivity contribution in [1.82, 2.24) is 0 Å². The second kappa shape index (κ2) is 5.42. The van der Waals surface area contributed by atoms with Crippen LogP contribution in [0.3, 0.4) is 0 Å². The number of alkyl halides is 3. The van der Waals surface area contributed by atoms with Gasteiger partial charge in [-0.25, -0.2) is 0 Å². The van der Waals surface area contributed by atoms with Crippen LogP contribution in [0.1, 0.15) is 25.7 Å². The van der Waals surface area contributed by atoms with Crippen molar-refractivity contribution >= 4 is 0 Å². The van der Waals surface area contributed by atoms with E-state index in [1.165, 1.54) is 18.2 Å². The topological polar surface area (TPSA) is 38.7 Å². The van der Waals surface area contributed by atoms with Crippen molar-refractivity contribution in [1.29, 1.82) is 0 Å².